The highest BCUT2D eigenvalue weighted by atomic mass is 16.3. The van der Waals surface area contributed by atoms with E-state index in [0.29, 0.717) is 13.1 Å². The minimum atomic E-state index is -0.552. The quantitative estimate of drug-likeness (QED) is 0.549. The Morgan fingerprint density at radius 1 is 1.42 bits per heavy atom. The van der Waals surface area contributed by atoms with Gasteiger partial charge in [0.2, 0.25) is 0 Å². The maximum absolute atomic E-state index is 9.87. The third kappa shape index (κ3) is 4.04. The zero-order valence-corrected chi connectivity index (χ0v) is 8.43. The summed E-state index contributed by atoms with van der Waals surface area (Å²) in [6, 6.07) is 0.287. The first-order chi connectivity index (χ1) is 5.58. The van der Waals surface area contributed by atoms with Crippen LogP contribution in [0.5, 0.6) is 0 Å². The second-order valence-electron chi connectivity index (χ2n) is 3.45. The second-order valence-corrected chi connectivity index (χ2v) is 3.45. The fraction of sp³-hybridized carbons (Fsp3) is 1.00. The Hall–Kier alpha value is -0.120. The molecule has 3 nitrogen and oxygen atoms in total. The minimum absolute atomic E-state index is 0.287. The van der Waals surface area contributed by atoms with Crippen molar-refractivity contribution in [1.82, 2.24) is 5.32 Å². The molecule has 0 aromatic rings. The van der Waals surface area contributed by atoms with Crippen molar-refractivity contribution in [1.29, 1.82) is 0 Å². The highest BCUT2D eigenvalue weighted by Gasteiger charge is 2.21. The summed E-state index contributed by atoms with van der Waals surface area (Å²) in [6.07, 6.45) is 1.57. The summed E-state index contributed by atoms with van der Waals surface area (Å²) in [5.41, 5.74) is 4.89. The smallest absolute Gasteiger partial charge is 0.0766 e. The molecule has 0 bridgehead atoms. The molecule has 0 heterocycles. The molecule has 0 aromatic carbocycles. The Bertz CT molecular complexity index is 113. The zero-order chi connectivity index (χ0) is 9.61. The first-order valence-electron chi connectivity index (χ1n) is 4.73. The fourth-order valence-corrected chi connectivity index (χ4v) is 0.948. The van der Waals surface area contributed by atoms with Crippen LogP contribution in [0.2, 0.25) is 0 Å². The second kappa shape index (κ2) is 5.51. The van der Waals surface area contributed by atoms with Gasteiger partial charge in [-0.05, 0) is 19.8 Å². The Morgan fingerprint density at radius 2 is 1.92 bits per heavy atom. The van der Waals surface area contributed by atoms with Crippen LogP contribution in [0, 0.1) is 0 Å². The molecule has 0 spiro atoms. The molecule has 0 amide bonds. The molecule has 0 fully saturated rings. The van der Waals surface area contributed by atoms with Gasteiger partial charge in [-0.15, -0.1) is 0 Å². The molecule has 0 radical (unpaired) electrons. The molecule has 0 rings (SSSR count). The van der Waals surface area contributed by atoms with Gasteiger partial charge in [-0.1, -0.05) is 13.8 Å². The van der Waals surface area contributed by atoms with Crippen LogP contribution < -0.4 is 11.1 Å². The molecule has 1 unspecified atom stereocenters. The first-order valence-corrected chi connectivity index (χ1v) is 4.73. The zero-order valence-electron chi connectivity index (χ0n) is 8.43. The average Bonchev–Trinajstić information content (AvgIpc) is 2.13. The van der Waals surface area contributed by atoms with Crippen molar-refractivity contribution in [3.05, 3.63) is 0 Å². The van der Waals surface area contributed by atoms with Gasteiger partial charge in [0.15, 0.2) is 0 Å². The topological polar surface area (TPSA) is 58.3 Å². The van der Waals surface area contributed by atoms with Crippen LogP contribution >= 0.6 is 0 Å². The Labute approximate surface area is 75.3 Å². The highest BCUT2D eigenvalue weighted by molar-refractivity contribution is 4.79. The van der Waals surface area contributed by atoms with Crippen LogP contribution in [-0.4, -0.2) is 29.8 Å². The van der Waals surface area contributed by atoms with E-state index in [2.05, 4.69) is 5.32 Å². The summed E-state index contributed by atoms with van der Waals surface area (Å²) < 4.78 is 0. The summed E-state index contributed by atoms with van der Waals surface area (Å²) in [4.78, 5) is 0. The molecule has 0 saturated carbocycles. The summed E-state index contributed by atoms with van der Waals surface area (Å²) in [6.45, 7) is 7.27. The van der Waals surface area contributed by atoms with E-state index in [-0.39, 0.29) is 6.04 Å². The Morgan fingerprint density at radius 3 is 2.25 bits per heavy atom. The van der Waals surface area contributed by atoms with Crippen molar-refractivity contribution in [2.24, 2.45) is 5.73 Å². The first kappa shape index (κ1) is 11.9. The van der Waals surface area contributed by atoms with E-state index in [1.165, 1.54) is 0 Å². The van der Waals surface area contributed by atoms with Crippen molar-refractivity contribution in [2.75, 3.05) is 13.1 Å². The lowest BCUT2D eigenvalue weighted by atomic mass is 9.97. The summed E-state index contributed by atoms with van der Waals surface area (Å²) in [5.74, 6) is 0. The molecular weight excluding hydrogens is 152 g/mol. The third-order valence-electron chi connectivity index (χ3n) is 2.45. The molecule has 0 aromatic heterocycles. The predicted octanol–water partition coefficient (Wildman–Crippen LogP) is 0.474. The van der Waals surface area contributed by atoms with Gasteiger partial charge in [-0.3, -0.25) is 0 Å². The number of hydrogen-bond donors (Lipinski definition) is 3. The third-order valence-corrected chi connectivity index (χ3v) is 2.45. The highest BCUT2D eigenvalue weighted by Crippen LogP contribution is 2.12. The van der Waals surface area contributed by atoms with Crippen molar-refractivity contribution < 1.29 is 5.11 Å². The molecule has 0 aliphatic rings. The van der Waals surface area contributed by atoms with E-state index in [4.69, 9.17) is 5.73 Å². The van der Waals surface area contributed by atoms with Gasteiger partial charge in [0, 0.05) is 19.1 Å². The molecule has 0 aliphatic heterocycles. The van der Waals surface area contributed by atoms with Gasteiger partial charge >= 0.3 is 0 Å². The maximum atomic E-state index is 9.87. The fourth-order valence-electron chi connectivity index (χ4n) is 0.948. The van der Waals surface area contributed by atoms with Crippen molar-refractivity contribution in [2.45, 2.75) is 45.3 Å². The van der Waals surface area contributed by atoms with E-state index in [0.717, 1.165) is 12.8 Å². The van der Waals surface area contributed by atoms with Gasteiger partial charge in [0.25, 0.3) is 0 Å². The predicted molar refractivity (Wildman–Crippen MR) is 52.1 cm³/mol. The SMILES string of the molecule is CCC(O)(CC)CNC(C)CN. The van der Waals surface area contributed by atoms with Gasteiger partial charge in [0.1, 0.15) is 0 Å². The molecule has 1 atom stereocenters. The summed E-state index contributed by atoms with van der Waals surface area (Å²) >= 11 is 0. The van der Waals surface area contributed by atoms with E-state index in [9.17, 15) is 5.11 Å². The molecule has 12 heavy (non-hydrogen) atoms. The average molecular weight is 174 g/mol. The number of nitrogens with one attached hydrogen (secondary N) is 1. The van der Waals surface area contributed by atoms with Crippen LogP contribution in [0.3, 0.4) is 0 Å². The number of aliphatic hydroxyl groups is 1. The van der Waals surface area contributed by atoms with Gasteiger partial charge in [-0.2, -0.15) is 0 Å². The monoisotopic (exact) mass is 174 g/mol. The van der Waals surface area contributed by atoms with Gasteiger partial charge in [0.05, 0.1) is 5.60 Å². The lowest BCUT2D eigenvalue weighted by Gasteiger charge is -2.27. The summed E-state index contributed by atoms with van der Waals surface area (Å²) in [5, 5.41) is 13.1. The molecule has 0 aliphatic carbocycles. The molecule has 3 heteroatoms. The Kier molecular flexibility index (Phi) is 5.46. The van der Waals surface area contributed by atoms with Gasteiger partial charge in [-0.25, -0.2) is 0 Å². The van der Waals surface area contributed by atoms with E-state index in [1.807, 2.05) is 20.8 Å². The maximum Gasteiger partial charge on any atom is 0.0766 e. The van der Waals surface area contributed by atoms with E-state index in [1.54, 1.807) is 0 Å². The molecule has 74 valence electrons. The normalized spacial score (nSPS) is 14.8. The minimum Gasteiger partial charge on any atom is -0.389 e. The lowest BCUT2D eigenvalue weighted by Crippen LogP contribution is -2.45. The van der Waals surface area contributed by atoms with Crippen LogP contribution in [0.4, 0.5) is 0 Å². The molecule has 0 saturated heterocycles. The number of rotatable bonds is 6. The standard InChI is InChI=1S/C9H22N2O/c1-4-9(12,5-2)7-11-8(3)6-10/h8,11-12H,4-7,10H2,1-3H3. The van der Waals surface area contributed by atoms with Crippen molar-refractivity contribution >= 4 is 0 Å². The molecular formula is C9H22N2O. The Balaban J connectivity index is 3.72. The van der Waals surface area contributed by atoms with E-state index >= 15 is 0 Å². The number of hydrogen-bond acceptors (Lipinski definition) is 3. The van der Waals surface area contributed by atoms with Gasteiger partial charge < -0.3 is 16.2 Å². The van der Waals surface area contributed by atoms with Crippen LogP contribution in [0.25, 0.3) is 0 Å². The summed E-state index contributed by atoms with van der Waals surface area (Å²) in [7, 11) is 0. The van der Waals surface area contributed by atoms with Crippen LogP contribution in [0.15, 0.2) is 0 Å². The molecule has 4 N–H and O–H groups in total. The van der Waals surface area contributed by atoms with Crippen molar-refractivity contribution in [3.63, 3.8) is 0 Å². The van der Waals surface area contributed by atoms with Crippen LogP contribution in [-0.2, 0) is 0 Å². The van der Waals surface area contributed by atoms with E-state index < -0.39 is 5.60 Å². The lowest BCUT2D eigenvalue weighted by molar-refractivity contribution is 0.0306. The number of nitrogens with two attached hydrogens (primary N) is 1. The van der Waals surface area contributed by atoms with Crippen LogP contribution in [0.1, 0.15) is 33.6 Å². The largest absolute Gasteiger partial charge is 0.389 e. The van der Waals surface area contributed by atoms with Crippen molar-refractivity contribution in [3.8, 4) is 0 Å².